The number of allylic oxidation sites excluding steroid dienone is 1. The maximum Gasteiger partial charge on any atom is 0.129 e. The number of piperidine rings is 1. The Labute approximate surface area is 98.4 Å². The Kier molecular flexibility index (Phi) is 3.77. The highest BCUT2D eigenvalue weighted by Gasteiger charge is 2.32. The van der Waals surface area contributed by atoms with Gasteiger partial charge in [-0.2, -0.15) is 0 Å². The lowest BCUT2D eigenvalue weighted by Crippen LogP contribution is -2.47. The fourth-order valence-corrected chi connectivity index (χ4v) is 2.73. The van der Waals surface area contributed by atoms with Crippen LogP contribution in [0.5, 0.6) is 0 Å². The van der Waals surface area contributed by atoms with Crippen LogP contribution in [0.4, 0.5) is 0 Å². The zero-order valence-corrected chi connectivity index (χ0v) is 10.2. The van der Waals surface area contributed by atoms with Gasteiger partial charge >= 0.3 is 0 Å². The minimum absolute atomic E-state index is 0.0567. The number of nitrogens with zero attached hydrogens (tertiary/aromatic N) is 2. The van der Waals surface area contributed by atoms with E-state index >= 15 is 0 Å². The van der Waals surface area contributed by atoms with E-state index in [4.69, 9.17) is 5.73 Å². The second-order valence-corrected chi connectivity index (χ2v) is 5.09. The summed E-state index contributed by atoms with van der Waals surface area (Å²) in [4.78, 5) is 7.04. The molecular formula is C13H23N3. The fraction of sp³-hybridized carbons (Fsp3) is 0.769. The molecule has 3 nitrogen and oxygen atoms in total. The maximum atomic E-state index is 5.55. The Bertz CT molecular complexity index is 263. The molecule has 90 valence electrons. The van der Waals surface area contributed by atoms with E-state index in [9.17, 15) is 0 Å². The van der Waals surface area contributed by atoms with E-state index in [-0.39, 0.29) is 5.66 Å². The molecule has 3 heteroatoms. The monoisotopic (exact) mass is 221 g/mol. The van der Waals surface area contributed by atoms with E-state index in [1.807, 2.05) is 6.21 Å². The number of aliphatic imine (C=N–C) groups is 1. The topological polar surface area (TPSA) is 41.6 Å². The lowest BCUT2D eigenvalue weighted by atomic mass is 9.91. The molecule has 2 heterocycles. The quantitative estimate of drug-likeness (QED) is 0.786. The number of hydrogen-bond acceptors (Lipinski definition) is 3. The molecule has 2 N–H and O–H groups in total. The highest BCUT2D eigenvalue weighted by molar-refractivity contribution is 5.75. The van der Waals surface area contributed by atoms with Gasteiger partial charge in [-0.15, -0.1) is 0 Å². The summed E-state index contributed by atoms with van der Waals surface area (Å²) in [7, 11) is 0. The van der Waals surface area contributed by atoms with Crippen LogP contribution >= 0.6 is 0 Å². The predicted octanol–water partition coefficient (Wildman–Crippen LogP) is 1.79. The number of likely N-dealkylation sites (tertiary alicyclic amines) is 1. The van der Waals surface area contributed by atoms with Crippen molar-refractivity contribution in [2.24, 2.45) is 16.6 Å². The Morgan fingerprint density at radius 2 is 2.19 bits per heavy atom. The lowest BCUT2D eigenvalue weighted by molar-refractivity contribution is 0.0990. The van der Waals surface area contributed by atoms with Gasteiger partial charge in [0.15, 0.2) is 0 Å². The Hall–Kier alpha value is -0.670. The molecule has 0 spiro atoms. The summed E-state index contributed by atoms with van der Waals surface area (Å²) in [5.74, 6) is 0.887. The molecule has 16 heavy (non-hydrogen) atoms. The third-order valence-electron chi connectivity index (χ3n) is 3.91. The molecule has 2 aliphatic rings. The van der Waals surface area contributed by atoms with E-state index < -0.39 is 0 Å². The van der Waals surface area contributed by atoms with Crippen LogP contribution in [-0.2, 0) is 0 Å². The largest absolute Gasteiger partial charge is 0.330 e. The molecule has 1 atom stereocenters. The van der Waals surface area contributed by atoms with Crippen molar-refractivity contribution in [2.75, 3.05) is 19.6 Å². The van der Waals surface area contributed by atoms with E-state index in [0.29, 0.717) is 0 Å². The molecule has 0 bridgehead atoms. The second kappa shape index (κ2) is 5.11. The molecule has 1 fully saturated rings. The minimum Gasteiger partial charge on any atom is -0.330 e. The summed E-state index contributed by atoms with van der Waals surface area (Å²) in [6, 6.07) is 0. The molecule has 2 rings (SSSR count). The van der Waals surface area contributed by atoms with Crippen LogP contribution in [0.15, 0.2) is 17.1 Å². The van der Waals surface area contributed by atoms with Crippen molar-refractivity contribution in [2.45, 2.75) is 38.3 Å². The van der Waals surface area contributed by atoms with E-state index in [1.54, 1.807) is 0 Å². The molecular weight excluding hydrogens is 198 g/mol. The van der Waals surface area contributed by atoms with Gasteiger partial charge < -0.3 is 5.73 Å². The van der Waals surface area contributed by atoms with E-state index in [0.717, 1.165) is 12.5 Å². The van der Waals surface area contributed by atoms with Crippen molar-refractivity contribution in [1.82, 2.24) is 4.90 Å². The highest BCUT2D eigenvalue weighted by atomic mass is 15.3. The SMILES string of the molecule is CC1(N2CCC(CCCN)CC2)C=CC=N1. The van der Waals surface area contributed by atoms with Crippen molar-refractivity contribution in [3.8, 4) is 0 Å². The third-order valence-corrected chi connectivity index (χ3v) is 3.91. The molecule has 1 unspecified atom stereocenters. The average Bonchev–Trinajstić information content (AvgIpc) is 2.75. The van der Waals surface area contributed by atoms with Gasteiger partial charge in [0.25, 0.3) is 0 Å². The van der Waals surface area contributed by atoms with Crippen LogP contribution in [0.3, 0.4) is 0 Å². The number of rotatable bonds is 4. The van der Waals surface area contributed by atoms with Crippen molar-refractivity contribution in [1.29, 1.82) is 0 Å². The molecule has 0 aromatic rings. The van der Waals surface area contributed by atoms with Crippen LogP contribution in [0.1, 0.15) is 32.6 Å². The van der Waals surface area contributed by atoms with Crippen LogP contribution in [0, 0.1) is 5.92 Å². The van der Waals surface area contributed by atoms with Crippen LogP contribution < -0.4 is 5.73 Å². The molecule has 0 radical (unpaired) electrons. The second-order valence-electron chi connectivity index (χ2n) is 5.09. The predicted molar refractivity (Wildman–Crippen MR) is 68.6 cm³/mol. The van der Waals surface area contributed by atoms with Gasteiger partial charge in [0, 0.05) is 19.3 Å². The standard InChI is InChI=1S/C13H23N3/c1-13(7-3-9-15-13)16-10-5-12(6-11-16)4-2-8-14/h3,7,9,12H,2,4-6,8,10-11,14H2,1H3. The smallest absolute Gasteiger partial charge is 0.129 e. The van der Waals surface area contributed by atoms with Crippen LogP contribution in [0.2, 0.25) is 0 Å². The van der Waals surface area contributed by atoms with Crippen molar-refractivity contribution < 1.29 is 0 Å². The molecule has 0 aromatic heterocycles. The summed E-state index contributed by atoms with van der Waals surface area (Å²) in [6.07, 6.45) is 11.3. The average molecular weight is 221 g/mol. The Morgan fingerprint density at radius 1 is 1.44 bits per heavy atom. The summed E-state index contributed by atoms with van der Waals surface area (Å²) in [5.41, 5.74) is 5.50. The fourth-order valence-electron chi connectivity index (χ4n) is 2.73. The first-order chi connectivity index (χ1) is 7.74. The first-order valence-corrected chi connectivity index (χ1v) is 6.43. The van der Waals surface area contributed by atoms with Crippen molar-refractivity contribution in [3.05, 3.63) is 12.2 Å². The normalized spacial score (nSPS) is 31.4. The molecule has 0 aromatic carbocycles. The summed E-state index contributed by atoms with van der Waals surface area (Å²) < 4.78 is 0. The van der Waals surface area contributed by atoms with Crippen molar-refractivity contribution >= 4 is 6.21 Å². The lowest BCUT2D eigenvalue weighted by Gasteiger charge is -2.40. The molecule has 0 amide bonds. The minimum atomic E-state index is -0.0567. The van der Waals surface area contributed by atoms with Crippen LogP contribution in [-0.4, -0.2) is 36.4 Å². The number of hydrogen-bond donors (Lipinski definition) is 1. The van der Waals surface area contributed by atoms with Gasteiger partial charge in [0.1, 0.15) is 5.66 Å². The molecule has 1 saturated heterocycles. The van der Waals surface area contributed by atoms with E-state index in [2.05, 4.69) is 29.0 Å². The van der Waals surface area contributed by atoms with Crippen molar-refractivity contribution in [3.63, 3.8) is 0 Å². The summed E-state index contributed by atoms with van der Waals surface area (Å²) >= 11 is 0. The molecule has 0 saturated carbocycles. The van der Waals surface area contributed by atoms with E-state index in [1.165, 1.54) is 38.8 Å². The zero-order valence-electron chi connectivity index (χ0n) is 10.2. The Balaban J connectivity index is 1.81. The number of nitrogens with two attached hydrogens (primary N) is 1. The first kappa shape index (κ1) is 11.8. The van der Waals surface area contributed by atoms with Gasteiger partial charge in [-0.25, -0.2) is 0 Å². The van der Waals surface area contributed by atoms with Gasteiger partial charge in [-0.05, 0) is 57.2 Å². The molecule has 0 aliphatic carbocycles. The van der Waals surface area contributed by atoms with Gasteiger partial charge in [-0.1, -0.05) is 0 Å². The van der Waals surface area contributed by atoms with Gasteiger partial charge in [-0.3, -0.25) is 9.89 Å². The molecule has 2 aliphatic heterocycles. The van der Waals surface area contributed by atoms with Gasteiger partial charge in [0.2, 0.25) is 0 Å². The maximum absolute atomic E-state index is 5.55. The highest BCUT2D eigenvalue weighted by Crippen LogP contribution is 2.29. The zero-order chi connectivity index (χ0) is 11.4. The first-order valence-electron chi connectivity index (χ1n) is 6.43. The summed E-state index contributed by atoms with van der Waals surface area (Å²) in [6.45, 7) is 5.39. The third kappa shape index (κ3) is 2.53. The van der Waals surface area contributed by atoms with Crippen LogP contribution in [0.25, 0.3) is 0 Å². The Morgan fingerprint density at radius 3 is 2.75 bits per heavy atom. The van der Waals surface area contributed by atoms with Gasteiger partial charge in [0.05, 0.1) is 0 Å². The summed E-state index contributed by atoms with van der Waals surface area (Å²) in [5, 5.41) is 0.